The van der Waals surface area contributed by atoms with Crippen LogP contribution in [-0.4, -0.2) is 6.36 Å². The molecule has 0 saturated carbocycles. The number of benzene rings is 2. The van der Waals surface area contributed by atoms with Gasteiger partial charge in [-0.3, -0.25) is 0 Å². The van der Waals surface area contributed by atoms with E-state index >= 15 is 0 Å². The summed E-state index contributed by atoms with van der Waals surface area (Å²) in [5.74, 6) is -1.98. The van der Waals surface area contributed by atoms with Crippen molar-refractivity contribution in [1.29, 1.82) is 0 Å². The average molecular weight is 344 g/mol. The third kappa shape index (κ3) is 4.94. The first-order valence-electron chi connectivity index (χ1n) is 7.60. The Morgan fingerprint density at radius 2 is 1.33 bits per heavy atom. The van der Waals surface area contributed by atoms with E-state index in [2.05, 4.69) is 4.74 Å². The maximum Gasteiger partial charge on any atom is 0.573 e. The fourth-order valence-corrected chi connectivity index (χ4v) is 2.42. The highest BCUT2D eigenvalue weighted by Crippen LogP contribution is 2.24. The third-order valence-corrected chi connectivity index (χ3v) is 3.60. The Kier molecular flexibility index (Phi) is 5.80. The van der Waals surface area contributed by atoms with Gasteiger partial charge in [-0.2, -0.15) is 0 Å². The van der Waals surface area contributed by atoms with Crippen LogP contribution in [0.1, 0.15) is 30.0 Å². The molecule has 0 aliphatic heterocycles. The molecular weight excluding hydrogens is 327 g/mol. The molecule has 130 valence electrons. The summed E-state index contributed by atoms with van der Waals surface area (Å²) in [4.78, 5) is 0. The summed E-state index contributed by atoms with van der Waals surface area (Å²) in [7, 11) is 0. The molecular formula is C18H17F5O. The van der Waals surface area contributed by atoms with Gasteiger partial charge in [0.05, 0.1) is 0 Å². The molecule has 0 fully saturated rings. The fourth-order valence-electron chi connectivity index (χ4n) is 2.42. The van der Waals surface area contributed by atoms with Gasteiger partial charge in [0.15, 0.2) is 11.6 Å². The van der Waals surface area contributed by atoms with Gasteiger partial charge >= 0.3 is 6.36 Å². The highest BCUT2D eigenvalue weighted by molar-refractivity contribution is 5.30. The van der Waals surface area contributed by atoms with Crippen molar-refractivity contribution in [3.05, 3.63) is 64.7 Å². The van der Waals surface area contributed by atoms with Crippen LogP contribution >= 0.6 is 0 Å². The van der Waals surface area contributed by atoms with Crippen molar-refractivity contribution in [1.82, 2.24) is 0 Å². The molecule has 0 radical (unpaired) electrons. The van der Waals surface area contributed by atoms with E-state index in [1.165, 1.54) is 24.3 Å². The first-order valence-corrected chi connectivity index (χ1v) is 7.60. The molecule has 2 aromatic carbocycles. The molecule has 1 nitrogen and oxygen atoms in total. The van der Waals surface area contributed by atoms with Crippen LogP contribution in [0.15, 0.2) is 36.4 Å². The molecule has 6 heteroatoms. The largest absolute Gasteiger partial charge is 0.573 e. The number of hydrogen-bond acceptors (Lipinski definition) is 1. The van der Waals surface area contributed by atoms with Crippen LogP contribution in [0.5, 0.6) is 5.75 Å². The minimum Gasteiger partial charge on any atom is -0.406 e. The van der Waals surface area contributed by atoms with Crippen LogP contribution in [0, 0.1) is 11.6 Å². The molecule has 0 aromatic heterocycles. The molecule has 0 atom stereocenters. The first-order chi connectivity index (χ1) is 11.3. The average Bonchev–Trinajstić information content (AvgIpc) is 2.51. The summed E-state index contributed by atoms with van der Waals surface area (Å²) >= 11 is 0. The molecule has 0 N–H and O–H groups in total. The van der Waals surface area contributed by atoms with Gasteiger partial charge in [0.25, 0.3) is 0 Å². The van der Waals surface area contributed by atoms with Gasteiger partial charge in [0, 0.05) is 0 Å². The number of alkyl halides is 3. The molecule has 24 heavy (non-hydrogen) atoms. The van der Waals surface area contributed by atoms with Crippen molar-refractivity contribution >= 4 is 0 Å². The lowest BCUT2D eigenvalue weighted by atomic mass is 10.0. The van der Waals surface area contributed by atoms with Gasteiger partial charge in [-0.1, -0.05) is 37.6 Å². The zero-order valence-electron chi connectivity index (χ0n) is 13.1. The van der Waals surface area contributed by atoms with Crippen LogP contribution in [-0.2, 0) is 19.3 Å². The third-order valence-electron chi connectivity index (χ3n) is 3.60. The number of rotatable bonds is 6. The predicted molar refractivity (Wildman–Crippen MR) is 80.9 cm³/mol. The van der Waals surface area contributed by atoms with Gasteiger partial charge in [-0.05, 0) is 48.1 Å². The fraction of sp³-hybridized carbons (Fsp3) is 0.333. The summed E-state index contributed by atoms with van der Waals surface area (Å²) in [5, 5.41) is 0. The molecule has 0 aliphatic carbocycles. The quantitative estimate of drug-likeness (QED) is 0.620. The molecule has 2 aromatic rings. The first kappa shape index (κ1) is 18.2. The van der Waals surface area contributed by atoms with Crippen molar-refractivity contribution in [3.63, 3.8) is 0 Å². The number of hydrogen-bond donors (Lipinski definition) is 0. The van der Waals surface area contributed by atoms with E-state index in [0.29, 0.717) is 24.0 Å². The van der Waals surface area contributed by atoms with Crippen molar-refractivity contribution in [3.8, 4) is 5.75 Å². The Hall–Kier alpha value is -2.11. The van der Waals surface area contributed by atoms with E-state index in [4.69, 9.17) is 0 Å². The summed E-state index contributed by atoms with van der Waals surface area (Å²) in [6.07, 6.45) is -2.89. The highest BCUT2D eigenvalue weighted by atomic mass is 19.4. The zero-order chi connectivity index (χ0) is 17.7. The van der Waals surface area contributed by atoms with E-state index in [0.717, 1.165) is 6.42 Å². The molecule has 2 rings (SSSR count). The summed E-state index contributed by atoms with van der Waals surface area (Å²) in [6.45, 7) is 1.89. The second kappa shape index (κ2) is 7.64. The number of halogens is 5. The maximum absolute atomic E-state index is 14.0. The van der Waals surface area contributed by atoms with Crippen LogP contribution in [0.25, 0.3) is 0 Å². The maximum atomic E-state index is 14.0. The monoisotopic (exact) mass is 344 g/mol. The van der Waals surface area contributed by atoms with Crippen molar-refractivity contribution in [2.75, 3.05) is 0 Å². The minimum atomic E-state index is -4.73. The lowest BCUT2D eigenvalue weighted by Crippen LogP contribution is -2.17. The van der Waals surface area contributed by atoms with Crippen LogP contribution in [0.3, 0.4) is 0 Å². The van der Waals surface area contributed by atoms with Crippen molar-refractivity contribution in [2.24, 2.45) is 0 Å². The van der Waals surface area contributed by atoms with E-state index in [9.17, 15) is 22.0 Å². The Morgan fingerprint density at radius 3 is 1.83 bits per heavy atom. The molecule has 0 aliphatic rings. The Bertz CT molecular complexity index is 677. The van der Waals surface area contributed by atoms with E-state index in [-0.39, 0.29) is 17.7 Å². The lowest BCUT2D eigenvalue weighted by Gasteiger charge is -2.10. The molecule has 0 bridgehead atoms. The van der Waals surface area contributed by atoms with Crippen LogP contribution in [0.2, 0.25) is 0 Å². The van der Waals surface area contributed by atoms with Crippen LogP contribution in [0.4, 0.5) is 22.0 Å². The van der Waals surface area contributed by atoms with Gasteiger partial charge in [-0.25, -0.2) is 8.78 Å². The van der Waals surface area contributed by atoms with E-state index in [1.54, 1.807) is 12.1 Å². The minimum absolute atomic E-state index is 0.253. The van der Waals surface area contributed by atoms with Crippen molar-refractivity contribution < 1.29 is 26.7 Å². The SMILES string of the molecule is CCCc1ccc(CCc2ccc(OC(F)(F)F)cc2)c(F)c1F. The smallest absolute Gasteiger partial charge is 0.406 e. The van der Waals surface area contributed by atoms with Crippen LogP contribution < -0.4 is 4.74 Å². The topological polar surface area (TPSA) is 9.23 Å². The van der Waals surface area contributed by atoms with E-state index < -0.39 is 18.0 Å². The number of ether oxygens (including phenoxy) is 1. The van der Waals surface area contributed by atoms with Gasteiger partial charge in [0.1, 0.15) is 5.75 Å². The predicted octanol–water partition coefficient (Wildman–Crippen LogP) is 5.60. The molecule has 0 heterocycles. The summed E-state index contributed by atoms with van der Waals surface area (Å²) < 4.78 is 67.9. The second-order valence-electron chi connectivity index (χ2n) is 5.45. The normalized spacial score (nSPS) is 11.6. The lowest BCUT2D eigenvalue weighted by molar-refractivity contribution is -0.274. The highest BCUT2D eigenvalue weighted by Gasteiger charge is 2.30. The Labute approximate surface area is 137 Å². The summed E-state index contributed by atoms with van der Waals surface area (Å²) in [5.41, 5.74) is 1.32. The van der Waals surface area contributed by atoms with Gasteiger partial charge < -0.3 is 4.74 Å². The second-order valence-corrected chi connectivity index (χ2v) is 5.45. The van der Waals surface area contributed by atoms with Gasteiger partial charge in [-0.15, -0.1) is 13.2 Å². The van der Waals surface area contributed by atoms with Gasteiger partial charge in [0.2, 0.25) is 0 Å². The molecule has 0 saturated heterocycles. The standard InChI is InChI=1S/C18H17F5O/c1-2-3-13-8-9-14(17(20)16(13)19)7-4-12-5-10-15(11-6-12)24-18(21,22)23/h5-6,8-11H,2-4,7H2,1H3. The molecule has 0 amide bonds. The number of aryl methyl sites for hydroxylation is 3. The Morgan fingerprint density at radius 1 is 0.792 bits per heavy atom. The summed E-state index contributed by atoms with van der Waals surface area (Å²) in [6, 6.07) is 8.48. The molecule has 0 spiro atoms. The molecule has 0 unspecified atom stereocenters. The Balaban J connectivity index is 2.02. The van der Waals surface area contributed by atoms with E-state index in [1.807, 2.05) is 6.92 Å². The van der Waals surface area contributed by atoms with Crippen molar-refractivity contribution in [2.45, 2.75) is 39.0 Å². The zero-order valence-corrected chi connectivity index (χ0v) is 13.1.